The highest BCUT2D eigenvalue weighted by molar-refractivity contribution is 7.99. The molecule has 3 aromatic rings. The Kier molecular flexibility index (Phi) is 6.83. The molecular formula is C20H22N6O5S. The zero-order valence-electron chi connectivity index (χ0n) is 17.7. The lowest BCUT2D eigenvalue weighted by molar-refractivity contribution is -0.113. The van der Waals surface area contributed by atoms with E-state index in [1.54, 1.807) is 6.92 Å². The molecule has 0 radical (unpaired) electrons. The van der Waals surface area contributed by atoms with Crippen molar-refractivity contribution in [3.05, 3.63) is 46.7 Å². The van der Waals surface area contributed by atoms with Crippen molar-refractivity contribution in [3.63, 3.8) is 0 Å². The molecule has 0 saturated carbocycles. The quantitative estimate of drug-likeness (QED) is 0.259. The lowest BCUT2D eigenvalue weighted by Gasteiger charge is -2.05. The number of aromatic nitrogens is 3. The Hall–Kier alpha value is -3.80. The van der Waals surface area contributed by atoms with Gasteiger partial charge in [0.2, 0.25) is 16.9 Å². The summed E-state index contributed by atoms with van der Waals surface area (Å²) in [5, 5.41) is 10.8. The van der Waals surface area contributed by atoms with Crippen molar-refractivity contribution in [3.8, 4) is 11.4 Å². The molecule has 5 N–H and O–H groups in total. The standard InChI is InChI=1S/C20H22N6O5S/c1-4-30-19(29)14-11(3)31-18(15(14)16(21)28)23-13(27)9-32-20-25-24-17(26(20)22)12-7-5-10(2)6-8-12/h5-8H,4,9,22H2,1-3H3,(H2,21,28)(H,23,27). The Labute approximate surface area is 187 Å². The van der Waals surface area contributed by atoms with E-state index in [-0.39, 0.29) is 35.1 Å². The SMILES string of the molecule is CCOC(=O)c1c(C)oc(NC(=O)CSc2nnc(-c3ccc(C)cc3)n2N)c1C(N)=O. The Bertz CT molecular complexity index is 1170. The van der Waals surface area contributed by atoms with Crippen LogP contribution < -0.4 is 16.9 Å². The Morgan fingerprint density at radius 3 is 2.47 bits per heavy atom. The molecule has 12 heteroatoms. The number of esters is 1. The van der Waals surface area contributed by atoms with Crippen molar-refractivity contribution in [1.82, 2.24) is 14.9 Å². The third kappa shape index (κ3) is 4.75. The van der Waals surface area contributed by atoms with Crippen LogP contribution in [0.4, 0.5) is 5.88 Å². The van der Waals surface area contributed by atoms with Crippen molar-refractivity contribution in [2.75, 3.05) is 23.5 Å². The molecule has 0 aliphatic heterocycles. The molecule has 0 atom stereocenters. The number of thioether (sulfide) groups is 1. The van der Waals surface area contributed by atoms with Crippen LogP contribution in [0.3, 0.4) is 0 Å². The number of hydrogen-bond donors (Lipinski definition) is 3. The van der Waals surface area contributed by atoms with Crippen LogP contribution in [0, 0.1) is 13.8 Å². The number of nitrogens with one attached hydrogen (secondary N) is 1. The summed E-state index contributed by atoms with van der Waals surface area (Å²) in [5.41, 5.74) is 6.90. The van der Waals surface area contributed by atoms with E-state index in [0.717, 1.165) is 22.9 Å². The highest BCUT2D eigenvalue weighted by Crippen LogP contribution is 2.28. The smallest absolute Gasteiger partial charge is 0.342 e. The normalized spacial score (nSPS) is 10.7. The molecule has 0 saturated heterocycles. The summed E-state index contributed by atoms with van der Waals surface area (Å²) in [6.45, 7) is 5.16. The van der Waals surface area contributed by atoms with Crippen LogP contribution in [0.1, 0.15) is 39.0 Å². The van der Waals surface area contributed by atoms with E-state index >= 15 is 0 Å². The molecule has 168 valence electrons. The third-order valence-corrected chi connectivity index (χ3v) is 5.31. The molecule has 2 heterocycles. The monoisotopic (exact) mass is 458 g/mol. The van der Waals surface area contributed by atoms with Gasteiger partial charge in [-0.15, -0.1) is 10.2 Å². The van der Waals surface area contributed by atoms with E-state index in [1.165, 1.54) is 11.6 Å². The maximum Gasteiger partial charge on any atom is 0.342 e. The number of nitrogens with zero attached hydrogens (tertiary/aromatic N) is 3. The number of nitrogen functional groups attached to an aromatic ring is 1. The topological polar surface area (TPSA) is 168 Å². The number of carbonyl (C=O) groups excluding carboxylic acids is 3. The van der Waals surface area contributed by atoms with Gasteiger partial charge in [-0.1, -0.05) is 41.6 Å². The molecule has 3 rings (SSSR count). The van der Waals surface area contributed by atoms with Gasteiger partial charge >= 0.3 is 5.97 Å². The molecular weight excluding hydrogens is 436 g/mol. The summed E-state index contributed by atoms with van der Waals surface area (Å²) in [4.78, 5) is 36.5. The van der Waals surface area contributed by atoms with Gasteiger partial charge in [-0.05, 0) is 20.8 Å². The third-order valence-electron chi connectivity index (χ3n) is 4.37. The number of anilines is 1. The zero-order valence-corrected chi connectivity index (χ0v) is 18.5. The fourth-order valence-corrected chi connectivity index (χ4v) is 3.54. The van der Waals surface area contributed by atoms with Gasteiger partial charge in [0.05, 0.1) is 12.4 Å². The van der Waals surface area contributed by atoms with Gasteiger partial charge in [-0.25, -0.2) is 9.47 Å². The van der Waals surface area contributed by atoms with Crippen molar-refractivity contribution < 1.29 is 23.5 Å². The Balaban J connectivity index is 1.72. The first-order valence-corrected chi connectivity index (χ1v) is 10.5. The number of rotatable bonds is 8. The van der Waals surface area contributed by atoms with E-state index in [1.807, 2.05) is 31.2 Å². The first kappa shape index (κ1) is 22.9. The van der Waals surface area contributed by atoms with Gasteiger partial charge in [-0.3, -0.25) is 14.9 Å². The van der Waals surface area contributed by atoms with Gasteiger partial charge in [0.1, 0.15) is 16.9 Å². The van der Waals surface area contributed by atoms with Gasteiger partial charge in [0.25, 0.3) is 5.91 Å². The largest absolute Gasteiger partial charge is 0.462 e. The molecule has 0 unspecified atom stereocenters. The first-order valence-electron chi connectivity index (χ1n) is 9.53. The van der Waals surface area contributed by atoms with Crippen LogP contribution in [0.15, 0.2) is 33.8 Å². The summed E-state index contributed by atoms with van der Waals surface area (Å²) >= 11 is 1.04. The molecule has 32 heavy (non-hydrogen) atoms. The van der Waals surface area contributed by atoms with Crippen LogP contribution in [-0.4, -0.2) is 45.0 Å². The first-order chi connectivity index (χ1) is 15.2. The van der Waals surface area contributed by atoms with Crippen LogP contribution >= 0.6 is 11.8 Å². The number of furan rings is 1. The van der Waals surface area contributed by atoms with E-state index in [0.29, 0.717) is 11.0 Å². The van der Waals surface area contributed by atoms with Crippen LogP contribution in [0.25, 0.3) is 11.4 Å². The number of hydrogen-bond acceptors (Lipinski definition) is 9. The second kappa shape index (κ2) is 9.56. The van der Waals surface area contributed by atoms with Crippen molar-refractivity contribution >= 4 is 35.4 Å². The van der Waals surface area contributed by atoms with Gasteiger partial charge in [-0.2, -0.15) is 0 Å². The van der Waals surface area contributed by atoms with Gasteiger partial charge < -0.3 is 20.7 Å². The number of amides is 2. The van der Waals surface area contributed by atoms with Gasteiger partial charge in [0, 0.05) is 5.56 Å². The maximum absolute atomic E-state index is 12.4. The molecule has 0 fully saturated rings. The highest BCUT2D eigenvalue weighted by atomic mass is 32.2. The molecule has 0 aliphatic rings. The molecule has 2 aromatic heterocycles. The molecule has 0 aliphatic carbocycles. The minimum Gasteiger partial charge on any atom is -0.462 e. The molecule has 2 amide bonds. The van der Waals surface area contributed by atoms with Crippen molar-refractivity contribution in [2.24, 2.45) is 5.73 Å². The van der Waals surface area contributed by atoms with E-state index in [4.69, 9.17) is 20.7 Å². The minimum absolute atomic E-state index is 0.102. The summed E-state index contributed by atoms with van der Waals surface area (Å²) < 4.78 is 11.6. The molecule has 0 spiro atoms. The highest BCUT2D eigenvalue weighted by Gasteiger charge is 2.29. The summed E-state index contributed by atoms with van der Waals surface area (Å²) in [6, 6.07) is 7.60. The summed E-state index contributed by atoms with van der Waals surface area (Å²) in [7, 11) is 0. The van der Waals surface area contributed by atoms with Crippen LogP contribution in [0.5, 0.6) is 0 Å². The summed E-state index contributed by atoms with van der Waals surface area (Å²) in [6.07, 6.45) is 0. The maximum atomic E-state index is 12.4. The van der Waals surface area contributed by atoms with Crippen LogP contribution in [-0.2, 0) is 9.53 Å². The van der Waals surface area contributed by atoms with Crippen LogP contribution in [0.2, 0.25) is 0 Å². The van der Waals surface area contributed by atoms with E-state index in [9.17, 15) is 14.4 Å². The van der Waals surface area contributed by atoms with Gasteiger partial charge in [0.15, 0.2) is 5.82 Å². The number of aryl methyl sites for hydroxylation is 2. The zero-order chi connectivity index (χ0) is 23.4. The Morgan fingerprint density at radius 2 is 1.84 bits per heavy atom. The lowest BCUT2D eigenvalue weighted by Crippen LogP contribution is -2.21. The number of ether oxygens (including phenoxy) is 1. The van der Waals surface area contributed by atoms with E-state index < -0.39 is 17.8 Å². The molecule has 0 bridgehead atoms. The predicted octanol–water partition coefficient (Wildman–Crippen LogP) is 1.88. The van der Waals surface area contributed by atoms with Crippen molar-refractivity contribution in [1.29, 1.82) is 0 Å². The number of benzene rings is 1. The predicted molar refractivity (Wildman–Crippen MR) is 118 cm³/mol. The second-order valence-corrected chi connectivity index (χ2v) is 7.64. The van der Waals surface area contributed by atoms with Crippen molar-refractivity contribution in [2.45, 2.75) is 25.9 Å². The fraction of sp³-hybridized carbons (Fsp3) is 0.250. The average molecular weight is 459 g/mol. The number of carbonyl (C=O) groups is 3. The number of primary amides is 1. The Morgan fingerprint density at radius 1 is 1.16 bits per heavy atom. The average Bonchev–Trinajstić information content (AvgIpc) is 3.26. The minimum atomic E-state index is -0.933. The summed E-state index contributed by atoms with van der Waals surface area (Å²) in [5.74, 6) is 4.05. The fourth-order valence-electron chi connectivity index (χ4n) is 2.88. The molecule has 1 aromatic carbocycles. The van der Waals surface area contributed by atoms with E-state index in [2.05, 4.69) is 15.5 Å². The second-order valence-electron chi connectivity index (χ2n) is 6.70. The lowest BCUT2D eigenvalue weighted by atomic mass is 10.1. The molecule has 11 nitrogen and oxygen atoms in total. The number of nitrogens with two attached hydrogens (primary N) is 2.